The standard InChI is InChI=1S/C27H41N3O2/c1-3-4-16-30-25(31)24(19-22-8-6-5-7-9-22)28-26(32)27(30)14-17-29(18-15-27)20-23-12-10-21(2)11-13-23/h10-13,22,24H,3-9,14-20H2,1-2H3,(H,28,32)/t24-/m0/s1. The van der Waals surface area contributed by atoms with Crippen LogP contribution < -0.4 is 5.32 Å². The average Bonchev–Trinajstić information content (AvgIpc) is 2.81. The topological polar surface area (TPSA) is 52.7 Å². The van der Waals surface area contributed by atoms with Gasteiger partial charge in [0.15, 0.2) is 0 Å². The van der Waals surface area contributed by atoms with E-state index in [4.69, 9.17) is 0 Å². The average molecular weight is 440 g/mol. The fourth-order valence-electron chi connectivity index (χ4n) is 5.96. The molecule has 5 nitrogen and oxygen atoms in total. The van der Waals surface area contributed by atoms with Gasteiger partial charge in [-0.2, -0.15) is 0 Å². The van der Waals surface area contributed by atoms with Crippen LogP contribution in [0.1, 0.15) is 82.3 Å². The highest BCUT2D eigenvalue weighted by Gasteiger charge is 2.53. The molecule has 1 aromatic rings. The van der Waals surface area contributed by atoms with E-state index in [-0.39, 0.29) is 17.9 Å². The summed E-state index contributed by atoms with van der Waals surface area (Å²) in [6.07, 6.45) is 10.5. The van der Waals surface area contributed by atoms with E-state index >= 15 is 0 Å². The number of piperidine rings is 1. The van der Waals surface area contributed by atoms with E-state index in [0.717, 1.165) is 51.7 Å². The molecule has 1 aliphatic carbocycles. The number of amides is 2. The molecule has 3 fully saturated rings. The van der Waals surface area contributed by atoms with Crippen molar-refractivity contribution in [1.29, 1.82) is 0 Å². The van der Waals surface area contributed by atoms with Crippen LogP contribution in [0.15, 0.2) is 24.3 Å². The summed E-state index contributed by atoms with van der Waals surface area (Å²) in [5.41, 5.74) is 1.93. The molecule has 0 unspecified atom stereocenters. The van der Waals surface area contributed by atoms with Crippen LogP contribution in [0.25, 0.3) is 0 Å². The Labute approximate surface area is 193 Å². The summed E-state index contributed by atoms with van der Waals surface area (Å²) in [5, 5.41) is 3.20. The van der Waals surface area contributed by atoms with Crippen LogP contribution in [0.2, 0.25) is 0 Å². The Hall–Kier alpha value is -1.88. The van der Waals surface area contributed by atoms with Gasteiger partial charge in [-0.3, -0.25) is 14.5 Å². The van der Waals surface area contributed by atoms with Gasteiger partial charge in [-0.15, -0.1) is 0 Å². The van der Waals surface area contributed by atoms with Gasteiger partial charge in [0, 0.05) is 26.2 Å². The molecule has 1 N–H and O–H groups in total. The van der Waals surface area contributed by atoms with Crippen LogP contribution >= 0.6 is 0 Å². The lowest BCUT2D eigenvalue weighted by Gasteiger charge is -2.52. The Kier molecular flexibility index (Phi) is 7.55. The predicted molar refractivity (Wildman–Crippen MR) is 128 cm³/mol. The summed E-state index contributed by atoms with van der Waals surface area (Å²) in [4.78, 5) is 31.6. The maximum absolute atomic E-state index is 13.6. The first-order chi connectivity index (χ1) is 15.5. The van der Waals surface area contributed by atoms with E-state index in [2.05, 4.69) is 48.3 Å². The number of carbonyl (C=O) groups is 2. The van der Waals surface area contributed by atoms with E-state index in [9.17, 15) is 9.59 Å². The Balaban J connectivity index is 1.44. The van der Waals surface area contributed by atoms with Crippen molar-refractivity contribution in [2.75, 3.05) is 19.6 Å². The lowest BCUT2D eigenvalue weighted by molar-refractivity contribution is -0.162. The minimum atomic E-state index is -0.654. The Morgan fingerprint density at radius 2 is 1.72 bits per heavy atom. The molecule has 5 heteroatoms. The number of aryl methyl sites for hydroxylation is 1. The second-order valence-corrected chi connectivity index (χ2v) is 10.4. The van der Waals surface area contributed by atoms with Gasteiger partial charge in [0.05, 0.1) is 0 Å². The Morgan fingerprint density at radius 3 is 2.38 bits per heavy atom. The molecule has 4 rings (SSSR count). The zero-order valence-corrected chi connectivity index (χ0v) is 20.1. The molecule has 0 radical (unpaired) electrons. The number of piperazine rings is 1. The van der Waals surface area contributed by atoms with Gasteiger partial charge in [0.1, 0.15) is 11.6 Å². The summed E-state index contributed by atoms with van der Waals surface area (Å²) in [7, 11) is 0. The van der Waals surface area contributed by atoms with Crippen molar-refractivity contribution >= 4 is 11.8 Å². The molecule has 2 saturated heterocycles. The Morgan fingerprint density at radius 1 is 1.03 bits per heavy atom. The van der Waals surface area contributed by atoms with Gasteiger partial charge in [-0.1, -0.05) is 75.3 Å². The van der Waals surface area contributed by atoms with Crippen LogP contribution in [0, 0.1) is 12.8 Å². The van der Waals surface area contributed by atoms with Crippen molar-refractivity contribution in [3.05, 3.63) is 35.4 Å². The van der Waals surface area contributed by atoms with Crippen LogP contribution in [0.5, 0.6) is 0 Å². The summed E-state index contributed by atoms with van der Waals surface area (Å²) < 4.78 is 0. The van der Waals surface area contributed by atoms with Crippen molar-refractivity contribution < 1.29 is 9.59 Å². The van der Waals surface area contributed by atoms with E-state index in [1.807, 2.05) is 4.90 Å². The third kappa shape index (κ3) is 5.03. The third-order valence-electron chi connectivity index (χ3n) is 8.05. The normalized spacial score (nSPS) is 24.7. The number of nitrogens with one attached hydrogen (secondary N) is 1. The van der Waals surface area contributed by atoms with E-state index in [1.54, 1.807) is 0 Å². The van der Waals surface area contributed by atoms with E-state index in [1.165, 1.54) is 43.2 Å². The van der Waals surface area contributed by atoms with Crippen LogP contribution in [0.4, 0.5) is 0 Å². The number of hydrogen-bond acceptors (Lipinski definition) is 3. The highest BCUT2D eigenvalue weighted by molar-refractivity contribution is 6.00. The highest BCUT2D eigenvalue weighted by atomic mass is 16.2. The number of carbonyl (C=O) groups excluding carboxylic acids is 2. The second-order valence-electron chi connectivity index (χ2n) is 10.4. The van der Waals surface area contributed by atoms with Crippen molar-refractivity contribution in [3.8, 4) is 0 Å². The van der Waals surface area contributed by atoms with Gasteiger partial charge in [-0.25, -0.2) is 0 Å². The van der Waals surface area contributed by atoms with Crippen molar-refractivity contribution in [2.45, 2.75) is 96.2 Å². The van der Waals surface area contributed by atoms with Crippen molar-refractivity contribution in [1.82, 2.24) is 15.1 Å². The predicted octanol–water partition coefficient (Wildman–Crippen LogP) is 4.43. The zero-order valence-electron chi connectivity index (χ0n) is 20.1. The van der Waals surface area contributed by atoms with Gasteiger partial charge >= 0.3 is 0 Å². The first-order valence-corrected chi connectivity index (χ1v) is 12.9. The van der Waals surface area contributed by atoms with E-state index in [0.29, 0.717) is 12.5 Å². The number of hydrogen-bond donors (Lipinski definition) is 1. The molecule has 2 aliphatic heterocycles. The van der Waals surface area contributed by atoms with Gasteiger partial charge < -0.3 is 10.2 Å². The molecule has 176 valence electrons. The second kappa shape index (κ2) is 10.4. The fourth-order valence-corrected chi connectivity index (χ4v) is 5.96. The summed E-state index contributed by atoms with van der Waals surface area (Å²) in [6.45, 7) is 7.59. The minimum absolute atomic E-state index is 0.101. The fraction of sp³-hybridized carbons (Fsp3) is 0.704. The summed E-state index contributed by atoms with van der Waals surface area (Å²) in [5.74, 6) is 0.857. The highest BCUT2D eigenvalue weighted by Crippen LogP contribution is 2.36. The number of unbranched alkanes of at least 4 members (excludes halogenated alkanes) is 1. The molecule has 0 bridgehead atoms. The minimum Gasteiger partial charge on any atom is -0.342 e. The molecule has 32 heavy (non-hydrogen) atoms. The molecular formula is C27H41N3O2. The maximum atomic E-state index is 13.6. The van der Waals surface area contributed by atoms with Gasteiger partial charge in [0.2, 0.25) is 11.8 Å². The summed E-state index contributed by atoms with van der Waals surface area (Å²) >= 11 is 0. The largest absolute Gasteiger partial charge is 0.342 e. The van der Waals surface area contributed by atoms with Gasteiger partial charge in [0.25, 0.3) is 0 Å². The maximum Gasteiger partial charge on any atom is 0.246 e. The lowest BCUT2D eigenvalue weighted by atomic mass is 9.79. The van der Waals surface area contributed by atoms with E-state index < -0.39 is 5.54 Å². The molecular weight excluding hydrogens is 398 g/mol. The zero-order chi connectivity index (χ0) is 22.6. The first kappa shape index (κ1) is 23.3. The number of benzene rings is 1. The Bertz CT molecular complexity index is 777. The number of rotatable bonds is 7. The quantitative estimate of drug-likeness (QED) is 0.684. The molecule has 2 amide bonds. The molecule has 0 aromatic heterocycles. The van der Waals surface area contributed by atoms with Crippen molar-refractivity contribution in [2.24, 2.45) is 5.92 Å². The van der Waals surface area contributed by atoms with Gasteiger partial charge in [-0.05, 0) is 44.1 Å². The monoisotopic (exact) mass is 439 g/mol. The van der Waals surface area contributed by atoms with Crippen LogP contribution in [0.3, 0.4) is 0 Å². The first-order valence-electron chi connectivity index (χ1n) is 12.9. The molecule has 3 aliphatic rings. The number of nitrogens with zero attached hydrogens (tertiary/aromatic N) is 2. The van der Waals surface area contributed by atoms with Crippen LogP contribution in [-0.2, 0) is 16.1 Å². The molecule has 1 saturated carbocycles. The van der Waals surface area contributed by atoms with Crippen LogP contribution in [-0.4, -0.2) is 52.8 Å². The smallest absolute Gasteiger partial charge is 0.246 e. The molecule has 1 atom stereocenters. The molecule has 1 spiro atoms. The number of likely N-dealkylation sites (tertiary alicyclic amines) is 1. The SMILES string of the molecule is CCCCN1C(=O)[C@H](CC2CCCCC2)NC(=O)C12CCN(Cc1ccc(C)cc1)CC2. The molecule has 2 heterocycles. The third-order valence-corrected chi connectivity index (χ3v) is 8.05. The lowest BCUT2D eigenvalue weighted by Crippen LogP contribution is -2.73. The van der Waals surface area contributed by atoms with Crippen molar-refractivity contribution in [3.63, 3.8) is 0 Å². The summed E-state index contributed by atoms with van der Waals surface area (Å²) in [6, 6.07) is 8.39. The molecule has 1 aromatic carbocycles.